The van der Waals surface area contributed by atoms with Gasteiger partial charge in [-0.05, 0) is 12.3 Å². The highest BCUT2D eigenvalue weighted by Gasteiger charge is 2.14. The molecule has 1 aliphatic carbocycles. The molecule has 0 radical (unpaired) electrons. The van der Waals surface area contributed by atoms with Crippen molar-refractivity contribution in [3.8, 4) is 0 Å². The summed E-state index contributed by atoms with van der Waals surface area (Å²) in [5.74, 6) is 0.617. The van der Waals surface area contributed by atoms with Crippen LogP contribution in [0.2, 0.25) is 0 Å². The number of rotatable bonds is 4. The fourth-order valence-electron chi connectivity index (χ4n) is 1.95. The number of esters is 1. The highest BCUT2D eigenvalue weighted by molar-refractivity contribution is 5.69. The highest BCUT2D eigenvalue weighted by atomic mass is 16.5. The lowest BCUT2D eigenvalue weighted by Crippen LogP contribution is -2.09. The van der Waals surface area contributed by atoms with Crippen LogP contribution in [-0.2, 0) is 9.53 Å². The molecule has 1 rings (SSSR count). The maximum Gasteiger partial charge on any atom is 0.310 e. The zero-order valence-electron chi connectivity index (χ0n) is 8.13. The fraction of sp³-hybridized carbons (Fsp3) is 0.727. The van der Waals surface area contributed by atoms with Gasteiger partial charge in [-0.15, -0.1) is 0 Å². The maximum absolute atomic E-state index is 11.0. The molecule has 2 nitrogen and oxygen atoms in total. The van der Waals surface area contributed by atoms with Crippen LogP contribution in [0.25, 0.3) is 0 Å². The fourth-order valence-corrected chi connectivity index (χ4v) is 1.95. The monoisotopic (exact) mass is 182 g/mol. The summed E-state index contributed by atoms with van der Waals surface area (Å²) in [5, 5.41) is 0. The van der Waals surface area contributed by atoms with Crippen molar-refractivity contribution in [3.63, 3.8) is 0 Å². The van der Waals surface area contributed by atoms with Crippen LogP contribution >= 0.6 is 0 Å². The number of carbonyl (C=O) groups is 1. The minimum absolute atomic E-state index is 0.138. The molecule has 0 atom stereocenters. The van der Waals surface area contributed by atoms with Crippen molar-refractivity contribution in [1.29, 1.82) is 0 Å². The van der Waals surface area contributed by atoms with Gasteiger partial charge in [0.05, 0.1) is 6.26 Å². The van der Waals surface area contributed by atoms with Crippen LogP contribution in [0.4, 0.5) is 0 Å². The van der Waals surface area contributed by atoms with Gasteiger partial charge in [-0.25, -0.2) is 0 Å². The van der Waals surface area contributed by atoms with Gasteiger partial charge in [0.15, 0.2) is 0 Å². The van der Waals surface area contributed by atoms with Crippen molar-refractivity contribution in [3.05, 3.63) is 12.8 Å². The molecule has 13 heavy (non-hydrogen) atoms. The normalized spacial score (nSPS) is 18.2. The Bertz CT molecular complexity index is 169. The van der Waals surface area contributed by atoms with Crippen molar-refractivity contribution < 1.29 is 9.53 Å². The molecule has 0 unspecified atom stereocenters. The Kier molecular flexibility index (Phi) is 4.58. The van der Waals surface area contributed by atoms with E-state index in [2.05, 4.69) is 11.3 Å². The number of carbonyl (C=O) groups excluding carboxylic acids is 1. The molecule has 0 spiro atoms. The molecule has 0 aromatic heterocycles. The van der Waals surface area contributed by atoms with E-state index >= 15 is 0 Å². The summed E-state index contributed by atoms with van der Waals surface area (Å²) in [5.41, 5.74) is 0. The molecule has 0 amide bonds. The summed E-state index contributed by atoms with van der Waals surface area (Å²) in [6.45, 7) is 3.35. The molecular weight excluding hydrogens is 164 g/mol. The van der Waals surface area contributed by atoms with Gasteiger partial charge in [0.25, 0.3) is 0 Å². The standard InChI is InChI=1S/C11H18O2/c1-2-13-11(12)9-8-10-6-4-3-5-7-10/h2,10H,1,3-9H2. The summed E-state index contributed by atoms with van der Waals surface area (Å²) < 4.78 is 4.66. The first-order chi connectivity index (χ1) is 6.33. The molecule has 0 N–H and O–H groups in total. The largest absolute Gasteiger partial charge is 0.435 e. The van der Waals surface area contributed by atoms with Crippen molar-refractivity contribution >= 4 is 5.97 Å². The topological polar surface area (TPSA) is 26.3 Å². The van der Waals surface area contributed by atoms with Crippen molar-refractivity contribution in [2.24, 2.45) is 5.92 Å². The van der Waals surface area contributed by atoms with Crippen LogP contribution in [-0.4, -0.2) is 5.97 Å². The Balaban J connectivity index is 2.09. The van der Waals surface area contributed by atoms with E-state index in [1.807, 2.05) is 0 Å². The molecule has 0 bridgehead atoms. The summed E-state index contributed by atoms with van der Waals surface area (Å²) in [6.07, 6.45) is 9.38. The average Bonchev–Trinajstić information content (AvgIpc) is 2.17. The van der Waals surface area contributed by atoms with E-state index < -0.39 is 0 Å². The SMILES string of the molecule is C=COC(=O)CCC1CCCCC1. The van der Waals surface area contributed by atoms with Gasteiger partial charge < -0.3 is 4.74 Å². The maximum atomic E-state index is 11.0. The Labute approximate surface area is 80.0 Å². The van der Waals surface area contributed by atoms with Gasteiger partial charge in [0.1, 0.15) is 0 Å². The van der Waals surface area contributed by atoms with E-state index in [9.17, 15) is 4.79 Å². The number of ether oxygens (including phenoxy) is 1. The van der Waals surface area contributed by atoms with Gasteiger partial charge in [-0.2, -0.15) is 0 Å². The zero-order valence-corrected chi connectivity index (χ0v) is 8.13. The summed E-state index contributed by atoms with van der Waals surface area (Å²) in [7, 11) is 0. The first kappa shape index (κ1) is 10.3. The smallest absolute Gasteiger partial charge is 0.310 e. The van der Waals surface area contributed by atoms with E-state index in [1.165, 1.54) is 38.4 Å². The van der Waals surface area contributed by atoms with Crippen LogP contribution in [0, 0.1) is 5.92 Å². The third-order valence-electron chi connectivity index (χ3n) is 2.70. The molecule has 0 aromatic carbocycles. The number of hydrogen-bond donors (Lipinski definition) is 0. The summed E-state index contributed by atoms with van der Waals surface area (Å²) in [4.78, 5) is 11.0. The van der Waals surface area contributed by atoms with Crippen LogP contribution < -0.4 is 0 Å². The second kappa shape index (κ2) is 5.79. The Hall–Kier alpha value is -0.790. The minimum Gasteiger partial charge on any atom is -0.435 e. The summed E-state index contributed by atoms with van der Waals surface area (Å²) >= 11 is 0. The van der Waals surface area contributed by atoms with E-state index in [4.69, 9.17) is 0 Å². The molecule has 1 saturated carbocycles. The second-order valence-electron chi connectivity index (χ2n) is 3.70. The number of hydrogen-bond acceptors (Lipinski definition) is 2. The van der Waals surface area contributed by atoms with E-state index in [1.54, 1.807) is 0 Å². The zero-order chi connectivity index (χ0) is 9.52. The van der Waals surface area contributed by atoms with E-state index in [-0.39, 0.29) is 5.97 Å². The predicted molar refractivity (Wildman–Crippen MR) is 52.1 cm³/mol. The van der Waals surface area contributed by atoms with Crippen molar-refractivity contribution in [1.82, 2.24) is 0 Å². The molecule has 1 fully saturated rings. The molecule has 0 aliphatic heterocycles. The van der Waals surface area contributed by atoms with Gasteiger partial charge in [-0.3, -0.25) is 4.79 Å². The minimum atomic E-state index is -0.138. The second-order valence-corrected chi connectivity index (χ2v) is 3.70. The Morgan fingerprint density at radius 1 is 1.38 bits per heavy atom. The molecule has 2 heteroatoms. The van der Waals surface area contributed by atoms with Crippen molar-refractivity contribution in [2.75, 3.05) is 0 Å². The van der Waals surface area contributed by atoms with Crippen LogP contribution in [0.5, 0.6) is 0 Å². The lowest BCUT2D eigenvalue weighted by molar-refractivity contribution is -0.138. The molecule has 74 valence electrons. The summed E-state index contributed by atoms with van der Waals surface area (Å²) in [6, 6.07) is 0. The van der Waals surface area contributed by atoms with Crippen molar-refractivity contribution in [2.45, 2.75) is 44.9 Å². The third-order valence-corrected chi connectivity index (χ3v) is 2.70. The van der Waals surface area contributed by atoms with Gasteiger partial charge in [-0.1, -0.05) is 38.7 Å². The van der Waals surface area contributed by atoms with E-state index in [0.717, 1.165) is 12.3 Å². The highest BCUT2D eigenvalue weighted by Crippen LogP contribution is 2.27. The quantitative estimate of drug-likeness (QED) is 0.493. The molecule has 0 heterocycles. The molecule has 1 aliphatic rings. The lowest BCUT2D eigenvalue weighted by atomic mass is 9.86. The van der Waals surface area contributed by atoms with Gasteiger partial charge in [0, 0.05) is 6.42 Å². The molecule has 0 saturated heterocycles. The van der Waals surface area contributed by atoms with Crippen LogP contribution in [0.3, 0.4) is 0 Å². The first-order valence-electron chi connectivity index (χ1n) is 5.13. The van der Waals surface area contributed by atoms with Crippen LogP contribution in [0.15, 0.2) is 12.8 Å². The third kappa shape index (κ3) is 4.11. The Morgan fingerprint density at radius 3 is 2.69 bits per heavy atom. The lowest BCUT2D eigenvalue weighted by Gasteiger charge is -2.20. The van der Waals surface area contributed by atoms with Gasteiger partial charge in [0.2, 0.25) is 0 Å². The van der Waals surface area contributed by atoms with E-state index in [0.29, 0.717) is 6.42 Å². The first-order valence-corrected chi connectivity index (χ1v) is 5.13. The average molecular weight is 182 g/mol. The molecular formula is C11H18O2. The molecule has 0 aromatic rings. The Morgan fingerprint density at radius 2 is 2.08 bits per heavy atom. The predicted octanol–water partition coefficient (Wildman–Crippen LogP) is 3.03. The van der Waals surface area contributed by atoms with Gasteiger partial charge >= 0.3 is 5.97 Å². The van der Waals surface area contributed by atoms with Crippen LogP contribution in [0.1, 0.15) is 44.9 Å².